The quantitative estimate of drug-likeness (QED) is 0.213. The van der Waals surface area contributed by atoms with Crippen molar-refractivity contribution in [3.05, 3.63) is 144 Å². The molecular weight excluding hydrogens is 527 g/mol. The molecule has 0 radical (unpaired) electrons. The summed E-state index contributed by atoms with van der Waals surface area (Å²) in [5.41, 5.74) is 10.7. The molecule has 0 amide bonds. The van der Waals surface area contributed by atoms with Crippen molar-refractivity contribution < 1.29 is 0 Å². The van der Waals surface area contributed by atoms with Gasteiger partial charge in [0.05, 0.1) is 0 Å². The number of hydrogen-bond acceptors (Lipinski definition) is 2. The molecule has 1 aliphatic heterocycles. The van der Waals surface area contributed by atoms with Crippen molar-refractivity contribution in [3.8, 4) is 22.3 Å². The Morgan fingerprint density at radius 1 is 0.548 bits per heavy atom. The number of anilines is 1. The molecule has 1 heterocycles. The van der Waals surface area contributed by atoms with E-state index in [1.165, 1.54) is 81.8 Å². The van der Waals surface area contributed by atoms with Crippen LogP contribution in [0.4, 0.5) is 5.69 Å². The SMILES string of the molecule is CC1(C)c2ccccc2-c2cc3c(C4Nc5ccccc5S4)c4ccccc4c(-c4cccc5ccccc45)c3cc21. The highest BCUT2D eigenvalue weighted by Gasteiger charge is 2.37. The van der Waals surface area contributed by atoms with Gasteiger partial charge in [0.2, 0.25) is 0 Å². The van der Waals surface area contributed by atoms with Crippen LogP contribution in [0.25, 0.3) is 54.6 Å². The molecule has 200 valence electrons. The standard InChI is InChI=1S/C40H29NS/c1-40(2)33-19-8-7-15-26(33)30-22-31-32(23-34(30)40)37(27-18-11-13-24-12-3-4-14-25(24)27)28-16-5-6-17-29(28)38(31)39-41-35-20-9-10-21-36(35)42-39/h3-23,39,41H,1-2H3. The Kier molecular flexibility index (Phi) is 5.01. The Hall–Kier alpha value is -4.53. The number of benzene rings is 7. The molecule has 7 aromatic carbocycles. The zero-order chi connectivity index (χ0) is 28.0. The largest absolute Gasteiger partial charge is 0.368 e. The highest BCUT2D eigenvalue weighted by atomic mass is 32.2. The summed E-state index contributed by atoms with van der Waals surface area (Å²) in [6, 6.07) is 47.3. The van der Waals surface area contributed by atoms with Crippen molar-refractivity contribution in [3.63, 3.8) is 0 Å². The summed E-state index contributed by atoms with van der Waals surface area (Å²) in [4.78, 5) is 1.31. The fraction of sp³-hybridized carbons (Fsp3) is 0.100. The topological polar surface area (TPSA) is 12.0 Å². The van der Waals surface area contributed by atoms with Gasteiger partial charge < -0.3 is 5.32 Å². The molecule has 1 unspecified atom stereocenters. The van der Waals surface area contributed by atoms with Crippen molar-refractivity contribution in [1.82, 2.24) is 0 Å². The predicted molar refractivity (Wildman–Crippen MR) is 181 cm³/mol. The summed E-state index contributed by atoms with van der Waals surface area (Å²) < 4.78 is 0. The minimum absolute atomic E-state index is 0.0709. The lowest BCUT2D eigenvalue weighted by Gasteiger charge is -2.25. The molecule has 0 saturated carbocycles. The van der Waals surface area contributed by atoms with Gasteiger partial charge >= 0.3 is 0 Å². The Labute approximate surface area is 250 Å². The van der Waals surface area contributed by atoms with Crippen LogP contribution in [0, 0.1) is 0 Å². The van der Waals surface area contributed by atoms with Crippen LogP contribution < -0.4 is 5.32 Å². The second-order valence-electron chi connectivity index (χ2n) is 12.1. The van der Waals surface area contributed by atoms with Gasteiger partial charge in [-0.1, -0.05) is 129 Å². The molecule has 9 rings (SSSR count). The van der Waals surface area contributed by atoms with E-state index in [9.17, 15) is 0 Å². The summed E-state index contributed by atoms with van der Waals surface area (Å²) in [5.74, 6) is 0. The Morgan fingerprint density at radius 2 is 1.24 bits per heavy atom. The molecule has 1 aliphatic carbocycles. The second kappa shape index (κ2) is 8.74. The highest BCUT2D eigenvalue weighted by Crippen LogP contribution is 2.55. The van der Waals surface area contributed by atoms with Gasteiger partial charge in [0, 0.05) is 21.6 Å². The van der Waals surface area contributed by atoms with E-state index in [1.807, 2.05) is 11.8 Å². The summed E-state index contributed by atoms with van der Waals surface area (Å²) >= 11 is 1.93. The maximum absolute atomic E-state index is 3.89. The number of thioether (sulfide) groups is 1. The van der Waals surface area contributed by atoms with Crippen LogP contribution in [-0.4, -0.2) is 0 Å². The third kappa shape index (κ3) is 3.27. The molecule has 1 nitrogen and oxygen atoms in total. The van der Waals surface area contributed by atoms with Crippen molar-refractivity contribution in [2.45, 2.75) is 29.5 Å². The number of hydrogen-bond donors (Lipinski definition) is 1. The number of para-hydroxylation sites is 1. The fourth-order valence-electron chi connectivity index (χ4n) is 7.54. The molecule has 1 N–H and O–H groups in total. The molecule has 0 bridgehead atoms. The van der Waals surface area contributed by atoms with Crippen molar-refractivity contribution in [1.29, 1.82) is 0 Å². The van der Waals surface area contributed by atoms with Gasteiger partial charge in [-0.2, -0.15) is 0 Å². The van der Waals surface area contributed by atoms with Crippen molar-refractivity contribution >= 4 is 49.8 Å². The maximum Gasteiger partial charge on any atom is 0.104 e. The van der Waals surface area contributed by atoms with E-state index in [1.54, 1.807) is 0 Å². The number of fused-ring (bicyclic) bond motifs is 7. The Bertz CT molecular complexity index is 2210. The first-order valence-electron chi connectivity index (χ1n) is 14.7. The van der Waals surface area contributed by atoms with E-state index in [2.05, 4.69) is 147 Å². The zero-order valence-corrected chi connectivity index (χ0v) is 24.4. The predicted octanol–water partition coefficient (Wildman–Crippen LogP) is 11.3. The first kappa shape index (κ1) is 24.1. The molecule has 0 aromatic heterocycles. The lowest BCUT2D eigenvalue weighted by atomic mass is 9.80. The van der Waals surface area contributed by atoms with E-state index < -0.39 is 0 Å². The van der Waals surface area contributed by atoms with Crippen LogP contribution in [0.15, 0.2) is 132 Å². The lowest BCUT2D eigenvalue weighted by Crippen LogP contribution is -2.15. The van der Waals surface area contributed by atoms with E-state index >= 15 is 0 Å². The molecule has 0 fully saturated rings. The minimum atomic E-state index is -0.0709. The summed E-state index contributed by atoms with van der Waals surface area (Å²) in [7, 11) is 0. The average Bonchev–Trinajstić information content (AvgIpc) is 3.55. The van der Waals surface area contributed by atoms with Gasteiger partial charge in [0.1, 0.15) is 5.37 Å². The average molecular weight is 556 g/mol. The van der Waals surface area contributed by atoms with Crippen LogP contribution in [0.3, 0.4) is 0 Å². The highest BCUT2D eigenvalue weighted by molar-refractivity contribution is 8.00. The zero-order valence-electron chi connectivity index (χ0n) is 23.6. The van der Waals surface area contributed by atoms with Gasteiger partial charge in [0.25, 0.3) is 0 Å². The molecule has 42 heavy (non-hydrogen) atoms. The van der Waals surface area contributed by atoms with E-state index in [4.69, 9.17) is 0 Å². The van der Waals surface area contributed by atoms with E-state index in [0.717, 1.165) is 0 Å². The monoisotopic (exact) mass is 555 g/mol. The second-order valence-corrected chi connectivity index (χ2v) is 13.3. The van der Waals surface area contributed by atoms with E-state index in [0.29, 0.717) is 0 Å². The molecule has 1 atom stereocenters. The van der Waals surface area contributed by atoms with Crippen molar-refractivity contribution in [2.75, 3.05) is 5.32 Å². The van der Waals surface area contributed by atoms with Crippen LogP contribution in [0.5, 0.6) is 0 Å². The molecule has 7 aromatic rings. The van der Waals surface area contributed by atoms with E-state index in [-0.39, 0.29) is 10.8 Å². The number of rotatable bonds is 2. The third-order valence-corrected chi connectivity index (χ3v) is 10.7. The van der Waals surface area contributed by atoms with Gasteiger partial charge in [-0.05, 0) is 90.0 Å². The molecule has 0 saturated heterocycles. The normalized spacial score (nSPS) is 16.4. The summed E-state index contributed by atoms with van der Waals surface area (Å²) in [5, 5.41) is 11.9. The molecule has 0 spiro atoms. The minimum Gasteiger partial charge on any atom is -0.368 e. The number of nitrogens with one attached hydrogen (secondary N) is 1. The first-order valence-corrected chi connectivity index (χ1v) is 15.6. The van der Waals surface area contributed by atoms with Crippen LogP contribution in [0.2, 0.25) is 0 Å². The molecule has 2 aliphatic rings. The van der Waals surface area contributed by atoms with Gasteiger partial charge in [-0.25, -0.2) is 0 Å². The third-order valence-electron chi connectivity index (χ3n) is 9.51. The smallest absolute Gasteiger partial charge is 0.104 e. The fourth-order valence-corrected chi connectivity index (χ4v) is 8.76. The summed E-state index contributed by atoms with van der Waals surface area (Å²) in [6.07, 6.45) is 0. The van der Waals surface area contributed by atoms with Crippen molar-refractivity contribution in [2.24, 2.45) is 0 Å². The van der Waals surface area contributed by atoms with Crippen LogP contribution >= 0.6 is 11.8 Å². The maximum atomic E-state index is 3.89. The van der Waals surface area contributed by atoms with Crippen LogP contribution in [0.1, 0.15) is 35.9 Å². The van der Waals surface area contributed by atoms with Crippen LogP contribution in [-0.2, 0) is 5.41 Å². The first-order chi connectivity index (χ1) is 20.6. The molecular formula is C40H29NS. The van der Waals surface area contributed by atoms with Gasteiger partial charge in [-0.3, -0.25) is 0 Å². The summed E-state index contributed by atoms with van der Waals surface area (Å²) in [6.45, 7) is 4.77. The van der Waals surface area contributed by atoms with Gasteiger partial charge in [-0.15, -0.1) is 0 Å². The van der Waals surface area contributed by atoms with Gasteiger partial charge in [0.15, 0.2) is 0 Å². The Balaban J connectivity index is 1.45. The lowest BCUT2D eigenvalue weighted by molar-refractivity contribution is 0.661. The molecule has 2 heteroatoms. The Morgan fingerprint density at radius 3 is 2.12 bits per heavy atom.